The standard InChI is InChI=1S/C38H40F3N5O5/c1-25(2)43-18-20-44(21-19-43)35(48)33(34(47)42-23-27-12-9-15-29(22-27)38(39,40)41)45-30(17-16-26-10-5-3-6-11-26)32(36(45)49)46-31(24-51-37(46)50)28-13-7-4-8-14-28/h3-17,22,25,30-33H,18-21,23-24H2,1-2H3,(H,42,47)/b17-16+/t30-,31+,32+,33?/m1/s1. The van der Waals surface area contributed by atoms with E-state index in [2.05, 4.69) is 24.1 Å². The van der Waals surface area contributed by atoms with Crippen LogP contribution in [0.15, 0.2) is 91.0 Å². The SMILES string of the molecule is CC(C)N1CCN(C(=O)C(C(=O)NCc2cccc(C(F)(F)F)c2)N2C(=O)[C@@H](N3C(=O)OC[C@H]3c3ccccc3)[C@H]2/C=C/c2ccccc2)CC1. The van der Waals surface area contributed by atoms with Crippen molar-refractivity contribution in [2.24, 2.45) is 0 Å². The van der Waals surface area contributed by atoms with Crippen LogP contribution >= 0.6 is 0 Å². The molecule has 3 heterocycles. The molecule has 3 aliphatic rings. The van der Waals surface area contributed by atoms with Crippen molar-refractivity contribution < 1.29 is 37.1 Å². The van der Waals surface area contributed by atoms with Gasteiger partial charge in [-0.1, -0.05) is 84.9 Å². The summed E-state index contributed by atoms with van der Waals surface area (Å²) in [5.41, 5.74) is 0.853. The number of cyclic esters (lactones) is 1. The van der Waals surface area contributed by atoms with Gasteiger partial charge in [-0.3, -0.25) is 24.2 Å². The van der Waals surface area contributed by atoms with Gasteiger partial charge < -0.3 is 19.9 Å². The van der Waals surface area contributed by atoms with Gasteiger partial charge in [0.1, 0.15) is 12.6 Å². The maximum atomic E-state index is 14.4. The van der Waals surface area contributed by atoms with E-state index in [1.54, 1.807) is 17.1 Å². The summed E-state index contributed by atoms with van der Waals surface area (Å²) < 4.78 is 45.7. The maximum absolute atomic E-state index is 14.4. The molecule has 0 spiro atoms. The zero-order valence-electron chi connectivity index (χ0n) is 28.3. The normalized spacial score (nSPS) is 21.9. The predicted octanol–water partition coefficient (Wildman–Crippen LogP) is 4.73. The van der Waals surface area contributed by atoms with Crippen LogP contribution in [0, 0.1) is 0 Å². The highest BCUT2D eigenvalue weighted by molar-refractivity contribution is 6.09. The molecule has 1 N–H and O–H groups in total. The number of carbonyl (C=O) groups is 4. The van der Waals surface area contributed by atoms with Crippen molar-refractivity contribution in [2.45, 2.75) is 56.8 Å². The Bertz CT molecular complexity index is 1760. The average Bonchev–Trinajstić information content (AvgIpc) is 3.51. The fraction of sp³-hybridized carbons (Fsp3) is 0.368. The van der Waals surface area contributed by atoms with Gasteiger partial charge in [-0.05, 0) is 42.7 Å². The number of rotatable bonds is 10. The Labute approximate surface area is 294 Å². The van der Waals surface area contributed by atoms with Crippen molar-refractivity contribution >= 4 is 29.9 Å². The van der Waals surface area contributed by atoms with Crippen LogP contribution in [0.3, 0.4) is 0 Å². The van der Waals surface area contributed by atoms with Crippen LogP contribution in [-0.4, -0.2) is 100 Å². The number of likely N-dealkylation sites (tertiary alicyclic amines) is 1. The van der Waals surface area contributed by atoms with E-state index < -0.39 is 59.7 Å². The lowest BCUT2D eigenvalue weighted by Gasteiger charge is -2.52. The minimum Gasteiger partial charge on any atom is -0.447 e. The number of benzene rings is 3. The Morgan fingerprint density at radius 1 is 0.922 bits per heavy atom. The molecule has 1 unspecified atom stereocenters. The van der Waals surface area contributed by atoms with Crippen LogP contribution < -0.4 is 5.32 Å². The Balaban J connectivity index is 1.34. The monoisotopic (exact) mass is 703 g/mol. The highest BCUT2D eigenvalue weighted by Gasteiger charge is 2.59. The van der Waals surface area contributed by atoms with Crippen molar-refractivity contribution in [1.82, 2.24) is 24.9 Å². The van der Waals surface area contributed by atoms with Gasteiger partial charge >= 0.3 is 12.3 Å². The van der Waals surface area contributed by atoms with Crippen molar-refractivity contribution in [3.05, 3.63) is 113 Å². The van der Waals surface area contributed by atoms with E-state index in [9.17, 15) is 32.3 Å². The quantitative estimate of drug-likeness (QED) is 0.242. The number of carbonyl (C=O) groups excluding carboxylic acids is 4. The number of alkyl halides is 3. The second-order valence-corrected chi connectivity index (χ2v) is 13.1. The number of nitrogens with zero attached hydrogens (tertiary/aromatic N) is 4. The van der Waals surface area contributed by atoms with Gasteiger partial charge in [0.05, 0.1) is 17.6 Å². The Kier molecular flexibility index (Phi) is 10.5. The first-order valence-electron chi connectivity index (χ1n) is 17.0. The minimum atomic E-state index is -4.58. The van der Waals surface area contributed by atoms with Crippen molar-refractivity contribution in [3.8, 4) is 0 Å². The van der Waals surface area contributed by atoms with Crippen LogP contribution in [0.1, 0.15) is 42.1 Å². The van der Waals surface area contributed by atoms with Crippen LogP contribution in [0.5, 0.6) is 0 Å². The van der Waals surface area contributed by atoms with Gasteiger partial charge in [-0.2, -0.15) is 13.2 Å². The summed E-state index contributed by atoms with van der Waals surface area (Å²) in [6.45, 7) is 5.58. The average molecular weight is 704 g/mol. The number of ether oxygens (including phenoxy) is 1. The molecule has 51 heavy (non-hydrogen) atoms. The molecular formula is C38H40F3N5O5. The van der Waals surface area contributed by atoms with E-state index in [0.29, 0.717) is 26.2 Å². The molecule has 268 valence electrons. The first-order valence-corrected chi connectivity index (χ1v) is 17.0. The second-order valence-electron chi connectivity index (χ2n) is 13.1. The molecule has 3 aliphatic heterocycles. The molecule has 3 aromatic carbocycles. The lowest BCUT2D eigenvalue weighted by Crippen LogP contribution is -2.76. The van der Waals surface area contributed by atoms with Crippen LogP contribution in [0.4, 0.5) is 18.0 Å². The molecule has 0 bridgehead atoms. The van der Waals surface area contributed by atoms with Gasteiger partial charge in [-0.25, -0.2) is 4.79 Å². The molecule has 0 radical (unpaired) electrons. The third kappa shape index (κ3) is 7.63. The van der Waals surface area contributed by atoms with Crippen LogP contribution in [0.25, 0.3) is 6.08 Å². The number of hydrogen-bond donors (Lipinski definition) is 1. The third-order valence-corrected chi connectivity index (χ3v) is 9.67. The molecule has 13 heteroatoms. The summed E-state index contributed by atoms with van der Waals surface area (Å²) in [5.74, 6) is -2.06. The van der Waals surface area contributed by atoms with Crippen molar-refractivity contribution in [2.75, 3.05) is 32.8 Å². The topological polar surface area (TPSA) is 103 Å². The van der Waals surface area contributed by atoms with Crippen LogP contribution in [-0.2, 0) is 31.8 Å². The smallest absolute Gasteiger partial charge is 0.416 e. The third-order valence-electron chi connectivity index (χ3n) is 9.67. The number of piperazine rings is 1. The molecule has 6 rings (SSSR count). The van der Waals surface area contributed by atoms with Crippen LogP contribution in [0.2, 0.25) is 0 Å². The van der Waals surface area contributed by atoms with E-state index in [0.717, 1.165) is 23.3 Å². The maximum Gasteiger partial charge on any atom is 0.416 e. The number of amides is 4. The first kappa shape index (κ1) is 35.6. The molecule has 3 saturated heterocycles. The number of nitrogens with one attached hydrogen (secondary N) is 1. The largest absolute Gasteiger partial charge is 0.447 e. The Hall–Kier alpha value is -5.17. The number of β-lactam (4-membered cyclic amide) rings is 1. The molecule has 0 aromatic heterocycles. The molecule has 4 amide bonds. The van der Waals surface area contributed by atoms with Gasteiger partial charge in [0, 0.05) is 38.8 Å². The fourth-order valence-electron chi connectivity index (χ4n) is 6.87. The molecular weight excluding hydrogens is 663 g/mol. The van der Waals surface area contributed by atoms with E-state index in [1.165, 1.54) is 21.9 Å². The lowest BCUT2D eigenvalue weighted by molar-refractivity contribution is -0.169. The molecule has 4 atom stereocenters. The predicted molar refractivity (Wildman–Crippen MR) is 183 cm³/mol. The van der Waals surface area contributed by atoms with Gasteiger partial charge in [-0.15, -0.1) is 0 Å². The summed E-state index contributed by atoms with van der Waals surface area (Å²) in [5, 5.41) is 2.63. The van der Waals surface area contributed by atoms with Crippen molar-refractivity contribution in [3.63, 3.8) is 0 Å². The molecule has 3 fully saturated rings. The van der Waals surface area contributed by atoms with Crippen molar-refractivity contribution in [1.29, 1.82) is 0 Å². The van der Waals surface area contributed by atoms with Gasteiger partial charge in [0.15, 0.2) is 6.04 Å². The molecule has 0 saturated carbocycles. The summed E-state index contributed by atoms with van der Waals surface area (Å²) in [7, 11) is 0. The highest BCUT2D eigenvalue weighted by atomic mass is 19.4. The summed E-state index contributed by atoms with van der Waals surface area (Å²) >= 11 is 0. The first-order chi connectivity index (χ1) is 24.4. The Morgan fingerprint density at radius 2 is 1.59 bits per heavy atom. The highest BCUT2D eigenvalue weighted by Crippen LogP contribution is 2.39. The second kappa shape index (κ2) is 15.0. The zero-order chi connectivity index (χ0) is 36.3. The van der Waals surface area contributed by atoms with E-state index in [-0.39, 0.29) is 24.8 Å². The summed E-state index contributed by atoms with van der Waals surface area (Å²) in [6, 6.07) is 18.9. The van der Waals surface area contributed by atoms with Gasteiger partial charge in [0.2, 0.25) is 5.91 Å². The fourth-order valence-corrected chi connectivity index (χ4v) is 6.87. The Morgan fingerprint density at radius 3 is 2.24 bits per heavy atom. The number of hydrogen-bond acceptors (Lipinski definition) is 6. The molecule has 10 nitrogen and oxygen atoms in total. The zero-order valence-corrected chi connectivity index (χ0v) is 28.3. The van der Waals surface area contributed by atoms with E-state index in [4.69, 9.17) is 4.74 Å². The summed E-state index contributed by atoms with van der Waals surface area (Å²) in [4.78, 5) is 62.4. The molecule has 0 aliphatic carbocycles. The molecule has 3 aromatic rings. The van der Waals surface area contributed by atoms with E-state index in [1.807, 2.05) is 60.7 Å². The lowest BCUT2D eigenvalue weighted by atomic mass is 9.87. The minimum absolute atomic E-state index is 0.0156. The summed E-state index contributed by atoms with van der Waals surface area (Å²) in [6.07, 6.45) is -1.81. The number of halogens is 3. The van der Waals surface area contributed by atoms with E-state index >= 15 is 0 Å². The van der Waals surface area contributed by atoms with Gasteiger partial charge in [0.25, 0.3) is 11.8 Å².